The zero-order chi connectivity index (χ0) is 7.61. The minimum atomic E-state index is -2.90. The molecule has 4 heteroatoms. The van der Waals surface area contributed by atoms with Crippen molar-refractivity contribution >= 4 is 36.1 Å². The van der Waals surface area contributed by atoms with E-state index in [2.05, 4.69) is 0 Å². The van der Waals surface area contributed by atoms with Gasteiger partial charge in [-0.25, -0.2) is 0 Å². The van der Waals surface area contributed by atoms with Crippen molar-refractivity contribution in [2.45, 2.75) is 0 Å². The summed E-state index contributed by atoms with van der Waals surface area (Å²) in [5, 5.41) is 0. The molecule has 0 fully saturated rings. The van der Waals surface area contributed by atoms with Gasteiger partial charge in [-0.15, -0.1) is 0 Å². The molecular formula is C6H7AsCl2N. The Bertz CT molecular complexity index is 207. The van der Waals surface area contributed by atoms with Crippen LogP contribution in [0.1, 0.15) is 0 Å². The molecule has 0 spiro atoms. The third-order valence-corrected chi connectivity index (χ3v) is 5.20. The topological polar surface area (TPSA) is 26.0 Å². The van der Waals surface area contributed by atoms with E-state index >= 15 is 0 Å². The average Bonchev–Trinajstić information content (AvgIpc) is 1.88. The first kappa shape index (κ1) is 8.42. The normalized spacial score (nSPS) is 11.5. The van der Waals surface area contributed by atoms with Crippen LogP contribution in [-0.4, -0.2) is 11.9 Å². The van der Waals surface area contributed by atoms with Gasteiger partial charge in [-0.3, -0.25) is 0 Å². The molecule has 1 aromatic carbocycles. The summed E-state index contributed by atoms with van der Waals surface area (Å²) in [7, 11) is 11.5. The SMILES string of the molecule is N[As](Cl)(Cl)c1ccccc1. The summed E-state index contributed by atoms with van der Waals surface area (Å²) in [5.74, 6) is 0. The van der Waals surface area contributed by atoms with Crippen molar-refractivity contribution in [2.24, 2.45) is 4.65 Å². The molecule has 0 saturated carbocycles. The van der Waals surface area contributed by atoms with E-state index in [0.717, 1.165) is 4.35 Å². The molecule has 1 rings (SSSR count). The third kappa shape index (κ3) is 2.17. The molecule has 0 aliphatic carbocycles. The van der Waals surface area contributed by atoms with Crippen LogP contribution in [0.25, 0.3) is 0 Å². The summed E-state index contributed by atoms with van der Waals surface area (Å²) in [6, 6.07) is 9.37. The van der Waals surface area contributed by atoms with Gasteiger partial charge in [0.15, 0.2) is 0 Å². The second-order valence-corrected chi connectivity index (χ2v) is 11.8. The molecule has 2 N–H and O–H groups in total. The van der Waals surface area contributed by atoms with Gasteiger partial charge < -0.3 is 0 Å². The first-order valence-electron chi connectivity index (χ1n) is 2.73. The fourth-order valence-corrected chi connectivity index (χ4v) is 2.99. The fraction of sp³-hybridized carbons (Fsp3) is 0. The van der Waals surface area contributed by atoms with E-state index in [1.807, 2.05) is 30.3 Å². The van der Waals surface area contributed by atoms with Gasteiger partial charge in [0.2, 0.25) is 0 Å². The Morgan fingerprint density at radius 2 is 1.60 bits per heavy atom. The summed E-state index contributed by atoms with van der Waals surface area (Å²) in [5.41, 5.74) is 0. The first-order valence-corrected chi connectivity index (χ1v) is 9.68. The quantitative estimate of drug-likeness (QED) is 0.733. The molecule has 55 valence electrons. The van der Waals surface area contributed by atoms with Crippen molar-refractivity contribution in [1.29, 1.82) is 0 Å². The molecule has 0 aromatic heterocycles. The van der Waals surface area contributed by atoms with Crippen LogP contribution in [-0.2, 0) is 0 Å². The first-order chi connectivity index (χ1) is 4.61. The molecule has 1 nitrogen and oxygen atoms in total. The van der Waals surface area contributed by atoms with E-state index < -0.39 is 11.9 Å². The fourth-order valence-electron chi connectivity index (χ4n) is 0.627. The minimum absolute atomic E-state index is 0.879. The van der Waals surface area contributed by atoms with Crippen LogP contribution < -0.4 is 9.00 Å². The Labute approximate surface area is 71.1 Å². The third-order valence-electron chi connectivity index (χ3n) is 1.10. The van der Waals surface area contributed by atoms with Crippen molar-refractivity contribution < 1.29 is 0 Å². The van der Waals surface area contributed by atoms with E-state index in [0.29, 0.717) is 0 Å². The van der Waals surface area contributed by atoms with Crippen molar-refractivity contribution in [3.05, 3.63) is 30.3 Å². The van der Waals surface area contributed by atoms with Crippen LogP contribution in [0.2, 0.25) is 0 Å². The summed E-state index contributed by atoms with van der Waals surface area (Å²) in [4.78, 5) is 0. The zero-order valence-electron chi connectivity index (χ0n) is 5.17. The average molecular weight is 239 g/mol. The van der Waals surface area contributed by atoms with Crippen LogP contribution in [0.5, 0.6) is 0 Å². The molecule has 1 aromatic rings. The standard InChI is InChI=1S/C6H7AsCl2N/c8-7(9,10)6-4-2-1-3-5-6/h1-5H,10H2. The number of halogens is 2. The van der Waals surface area contributed by atoms with E-state index in [9.17, 15) is 0 Å². The summed E-state index contributed by atoms with van der Waals surface area (Å²) >= 11 is -2.90. The van der Waals surface area contributed by atoms with Gasteiger partial charge in [0.1, 0.15) is 0 Å². The predicted octanol–water partition coefficient (Wildman–Crippen LogP) is 1.27. The molecule has 0 saturated heterocycles. The molecule has 0 unspecified atom stereocenters. The van der Waals surface area contributed by atoms with Gasteiger partial charge in [0.25, 0.3) is 0 Å². The second kappa shape index (κ2) is 3.15. The van der Waals surface area contributed by atoms with E-state index in [4.69, 9.17) is 24.5 Å². The number of hydrogen-bond acceptors (Lipinski definition) is 1. The summed E-state index contributed by atoms with van der Waals surface area (Å²) in [6.07, 6.45) is 0. The maximum absolute atomic E-state index is 5.77. The van der Waals surface area contributed by atoms with E-state index in [1.54, 1.807) is 0 Å². The van der Waals surface area contributed by atoms with Crippen molar-refractivity contribution in [3.8, 4) is 0 Å². The van der Waals surface area contributed by atoms with Gasteiger partial charge >= 0.3 is 71.1 Å². The molecule has 0 atom stereocenters. The number of rotatable bonds is 1. The van der Waals surface area contributed by atoms with E-state index in [-0.39, 0.29) is 0 Å². The summed E-state index contributed by atoms with van der Waals surface area (Å²) < 4.78 is 6.44. The van der Waals surface area contributed by atoms with Crippen LogP contribution in [0.4, 0.5) is 0 Å². The molecule has 0 heterocycles. The predicted molar refractivity (Wildman–Crippen MR) is 47.7 cm³/mol. The van der Waals surface area contributed by atoms with Crippen molar-refractivity contribution in [3.63, 3.8) is 0 Å². The maximum atomic E-state index is 5.77. The molecule has 0 bridgehead atoms. The Kier molecular flexibility index (Phi) is 2.65. The Morgan fingerprint density at radius 1 is 1.10 bits per heavy atom. The number of nitrogens with two attached hydrogens (primary N) is 1. The van der Waals surface area contributed by atoms with Gasteiger partial charge in [-0.1, -0.05) is 0 Å². The van der Waals surface area contributed by atoms with E-state index in [1.165, 1.54) is 0 Å². The number of hydrogen-bond donors (Lipinski definition) is 1. The molecular weight excluding hydrogens is 232 g/mol. The van der Waals surface area contributed by atoms with Crippen molar-refractivity contribution in [1.82, 2.24) is 0 Å². The Hall–Kier alpha value is 0.318. The van der Waals surface area contributed by atoms with Crippen LogP contribution in [0.3, 0.4) is 0 Å². The molecule has 1 radical (unpaired) electrons. The van der Waals surface area contributed by atoms with Crippen LogP contribution in [0, 0.1) is 0 Å². The zero-order valence-corrected chi connectivity index (χ0v) is 8.56. The molecule has 0 amide bonds. The van der Waals surface area contributed by atoms with Crippen LogP contribution in [0.15, 0.2) is 30.3 Å². The number of benzene rings is 1. The van der Waals surface area contributed by atoms with Gasteiger partial charge in [0.05, 0.1) is 0 Å². The van der Waals surface area contributed by atoms with Gasteiger partial charge in [0, 0.05) is 0 Å². The summed E-state index contributed by atoms with van der Waals surface area (Å²) in [6.45, 7) is 0. The van der Waals surface area contributed by atoms with Gasteiger partial charge in [-0.2, -0.15) is 0 Å². The Balaban J connectivity index is 2.97. The van der Waals surface area contributed by atoms with Crippen LogP contribution >= 0.6 is 19.9 Å². The molecule has 0 aliphatic heterocycles. The van der Waals surface area contributed by atoms with Crippen molar-refractivity contribution in [2.75, 3.05) is 0 Å². The monoisotopic (exact) mass is 238 g/mol. The molecule has 0 aliphatic rings. The second-order valence-electron chi connectivity index (χ2n) is 1.89. The Morgan fingerprint density at radius 3 is 1.90 bits per heavy atom. The van der Waals surface area contributed by atoms with Gasteiger partial charge in [-0.05, 0) is 0 Å². The molecule has 10 heavy (non-hydrogen) atoms.